The van der Waals surface area contributed by atoms with Crippen molar-refractivity contribution in [3.63, 3.8) is 0 Å². The lowest BCUT2D eigenvalue weighted by molar-refractivity contribution is -0.106. The van der Waals surface area contributed by atoms with E-state index in [1.165, 1.54) is 6.42 Å². The summed E-state index contributed by atoms with van der Waals surface area (Å²) in [7, 11) is 0. The highest BCUT2D eigenvalue weighted by molar-refractivity contribution is 9.11. The highest BCUT2D eigenvalue weighted by Gasteiger charge is 2.16. The molecule has 1 heterocycles. The quantitative estimate of drug-likeness (QED) is 0.809. The van der Waals surface area contributed by atoms with E-state index >= 15 is 0 Å². The predicted molar refractivity (Wildman–Crippen MR) is 66.1 cm³/mol. The first-order valence-corrected chi connectivity index (χ1v) is 6.57. The van der Waals surface area contributed by atoms with E-state index in [0.29, 0.717) is 0 Å². The van der Waals surface area contributed by atoms with E-state index in [2.05, 4.69) is 31.9 Å². The van der Waals surface area contributed by atoms with Gasteiger partial charge in [0.2, 0.25) is 0 Å². The summed E-state index contributed by atoms with van der Waals surface area (Å²) in [4.78, 5) is 0. The molecule has 1 fully saturated rings. The number of benzene rings is 1. The SMILES string of the molecule is Brc1ccc(Br)c(OC2CCCCO2)c1. The van der Waals surface area contributed by atoms with Gasteiger partial charge in [-0.2, -0.15) is 0 Å². The van der Waals surface area contributed by atoms with Crippen LogP contribution in [0.25, 0.3) is 0 Å². The van der Waals surface area contributed by atoms with E-state index in [4.69, 9.17) is 9.47 Å². The zero-order chi connectivity index (χ0) is 10.7. The minimum absolute atomic E-state index is 0.0932. The van der Waals surface area contributed by atoms with E-state index in [1.807, 2.05) is 18.2 Å². The minimum Gasteiger partial charge on any atom is -0.464 e. The van der Waals surface area contributed by atoms with Gasteiger partial charge in [0.25, 0.3) is 0 Å². The maximum Gasteiger partial charge on any atom is 0.199 e. The molecule has 1 atom stereocenters. The molecule has 0 bridgehead atoms. The Kier molecular flexibility index (Phi) is 4.05. The second-order valence-electron chi connectivity index (χ2n) is 3.49. The summed E-state index contributed by atoms with van der Waals surface area (Å²) in [6, 6.07) is 5.88. The molecule has 0 saturated carbocycles. The monoisotopic (exact) mass is 334 g/mol. The Morgan fingerprint density at radius 3 is 2.87 bits per heavy atom. The molecule has 2 rings (SSSR count). The molecule has 82 valence electrons. The first kappa shape index (κ1) is 11.4. The molecule has 0 aromatic heterocycles. The van der Waals surface area contributed by atoms with Gasteiger partial charge in [0, 0.05) is 10.9 Å². The molecule has 0 spiro atoms. The van der Waals surface area contributed by atoms with E-state index in [0.717, 1.165) is 34.1 Å². The maximum atomic E-state index is 5.77. The van der Waals surface area contributed by atoms with Crippen LogP contribution >= 0.6 is 31.9 Å². The fourth-order valence-electron chi connectivity index (χ4n) is 1.51. The normalized spacial score (nSPS) is 21.3. The van der Waals surface area contributed by atoms with Gasteiger partial charge in [-0.15, -0.1) is 0 Å². The number of halogens is 2. The summed E-state index contributed by atoms with van der Waals surface area (Å²) in [5, 5.41) is 0. The molecule has 0 N–H and O–H groups in total. The summed E-state index contributed by atoms with van der Waals surface area (Å²) in [5.41, 5.74) is 0. The van der Waals surface area contributed by atoms with E-state index in [1.54, 1.807) is 0 Å². The molecule has 1 aliphatic heterocycles. The van der Waals surface area contributed by atoms with Gasteiger partial charge in [-0.05, 0) is 47.0 Å². The first-order valence-electron chi connectivity index (χ1n) is 4.99. The lowest BCUT2D eigenvalue weighted by Gasteiger charge is -2.24. The van der Waals surface area contributed by atoms with Crippen LogP contribution in [0, 0.1) is 0 Å². The van der Waals surface area contributed by atoms with Crippen LogP contribution in [0.15, 0.2) is 27.1 Å². The van der Waals surface area contributed by atoms with Crippen LogP contribution in [0.4, 0.5) is 0 Å². The fourth-order valence-corrected chi connectivity index (χ4v) is 2.19. The van der Waals surface area contributed by atoms with Crippen molar-refractivity contribution in [2.45, 2.75) is 25.6 Å². The van der Waals surface area contributed by atoms with Crippen molar-refractivity contribution in [1.82, 2.24) is 0 Å². The van der Waals surface area contributed by atoms with Crippen molar-refractivity contribution in [3.05, 3.63) is 27.1 Å². The summed E-state index contributed by atoms with van der Waals surface area (Å²) in [6.45, 7) is 0.802. The zero-order valence-electron chi connectivity index (χ0n) is 8.21. The van der Waals surface area contributed by atoms with Crippen molar-refractivity contribution in [1.29, 1.82) is 0 Å². The van der Waals surface area contributed by atoms with Crippen LogP contribution in [0.2, 0.25) is 0 Å². The van der Waals surface area contributed by atoms with Crippen LogP contribution in [0.5, 0.6) is 5.75 Å². The van der Waals surface area contributed by atoms with E-state index in [-0.39, 0.29) is 6.29 Å². The van der Waals surface area contributed by atoms with Crippen LogP contribution in [0.1, 0.15) is 19.3 Å². The van der Waals surface area contributed by atoms with Gasteiger partial charge in [-0.3, -0.25) is 0 Å². The molecule has 1 aliphatic rings. The Labute approximate surface area is 106 Å². The predicted octanol–water partition coefficient (Wildman–Crippen LogP) is 4.12. The van der Waals surface area contributed by atoms with Crippen molar-refractivity contribution >= 4 is 31.9 Å². The minimum atomic E-state index is -0.0932. The second kappa shape index (κ2) is 5.32. The Balaban J connectivity index is 2.05. The Bertz CT molecular complexity index is 335. The lowest BCUT2D eigenvalue weighted by atomic mass is 10.2. The Morgan fingerprint density at radius 1 is 1.27 bits per heavy atom. The smallest absolute Gasteiger partial charge is 0.199 e. The summed E-state index contributed by atoms with van der Waals surface area (Å²) in [5.74, 6) is 0.830. The molecule has 1 saturated heterocycles. The molecular formula is C11H12Br2O2. The summed E-state index contributed by atoms with van der Waals surface area (Å²) in [6.07, 6.45) is 3.19. The number of hydrogen-bond donors (Lipinski definition) is 0. The van der Waals surface area contributed by atoms with Crippen molar-refractivity contribution in [2.75, 3.05) is 6.61 Å². The molecule has 1 aromatic rings. The highest BCUT2D eigenvalue weighted by atomic mass is 79.9. The zero-order valence-corrected chi connectivity index (χ0v) is 11.4. The van der Waals surface area contributed by atoms with E-state index < -0.39 is 0 Å². The standard InChI is InChI=1S/C11H12Br2O2/c12-8-4-5-9(13)10(7-8)15-11-3-1-2-6-14-11/h4-5,7,11H,1-3,6H2. The third kappa shape index (κ3) is 3.20. The average Bonchev–Trinajstić information content (AvgIpc) is 2.25. The van der Waals surface area contributed by atoms with Crippen LogP contribution in [-0.2, 0) is 4.74 Å². The van der Waals surface area contributed by atoms with E-state index in [9.17, 15) is 0 Å². The number of rotatable bonds is 2. The largest absolute Gasteiger partial charge is 0.464 e. The second-order valence-corrected chi connectivity index (χ2v) is 5.26. The van der Waals surface area contributed by atoms with Gasteiger partial charge in [0.05, 0.1) is 11.1 Å². The number of ether oxygens (including phenoxy) is 2. The van der Waals surface area contributed by atoms with Crippen LogP contribution in [0.3, 0.4) is 0 Å². The third-order valence-corrected chi connectivity index (χ3v) is 3.44. The molecular weight excluding hydrogens is 324 g/mol. The molecule has 0 amide bonds. The fraction of sp³-hybridized carbons (Fsp3) is 0.455. The topological polar surface area (TPSA) is 18.5 Å². The summed E-state index contributed by atoms with van der Waals surface area (Å²) >= 11 is 6.88. The Morgan fingerprint density at radius 2 is 2.13 bits per heavy atom. The first-order chi connectivity index (χ1) is 7.25. The van der Waals surface area contributed by atoms with Crippen LogP contribution < -0.4 is 4.74 Å². The highest BCUT2D eigenvalue weighted by Crippen LogP contribution is 2.30. The maximum absolute atomic E-state index is 5.77. The van der Waals surface area contributed by atoms with Crippen LogP contribution in [-0.4, -0.2) is 12.9 Å². The lowest BCUT2D eigenvalue weighted by Crippen LogP contribution is -2.25. The van der Waals surface area contributed by atoms with Crippen molar-refractivity contribution in [3.8, 4) is 5.75 Å². The van der Waals surface area contributed by atoms with Crippen molar-refractivity contribution in [2.24, 2.45) is 0 Å². The van der Waals surface area contributed by atoms with Gasteiger partial charge >= 0.3 is 0 Å². The van der Waals surface area contributed by atoms with Crippen molar-refractivity contribution < 1.29 is 9.47 Å². The Hall–Kier alpha value is -0.0600. The summed E-state index contributed by atoms with van der Waals surface area (Å²) < 4.78 is 13.3. The van der Waals surface area contributed by atoms with Gasteiger partial charge in [0.15, 0.2) is 6.29 Å². The van der Waals surface area contributed by atoms with Gasteiger partial charge < -0.3 is 9.47 Å². The van der Waals surface area contributed by atoms with Gasteiger partial charge in [-0.1, -0.05) is 15.9 Å². The average molecular weight is 336 g/mol. The molecule has 4 heteroatoms. The van der Waals surface area contributed by atoms with Gasteiger partial charge in [0.1, 0.15) is 5.75 Å². The molecule has 15 heavy (non-hydrogen) atoms. The molecule has 0 radical (unpaired) electrons. The molecule has 1 unspecified atom stereocenters. The van der Waals surface area contributed by atoms with Gasteiger partial charge in [-0.25, -0.2) is 0 Å². The molecule has 2 nitrogen and oxygen atoms in total. The third-order valence-electron chi connectivity index (χ3n) is 2.29. The molecule has 1 aromatic carbocycles. The number of hydrogen-bond acceptors (Lipinski definition) is 2. The molecule has 0 aliphatic carbocycles.